The Morgan fingerprint density at radius 1 is 1.08 bits per heavy atom. The molecule has 212 valence electrons. The average molecular weight is 550 g/mol. The lowest BCUT2D eigenvalue weighted by Crippen LogP contribution is -2.70. The van der Waals surface area contributed by atoms with Crippen LogP contribution in [0.5, 0.6) is 0 Å². The van der Waals surface area contributed by atoms with Gasteiger partial charge in [0.1, 0.15) is 6.04 Å². The van der Waals surface area contributed by atoms with Crippen LogP contribution >= 0.6 is 11.6 Å². The summed E-state index contributed by atoms with van der Waals surface area (Å²) in [5.74, 6) is -1.32. The molecular weight excluding hydrogens is 507 g/mol. The molecule has 3 heterocycles. The maximum absolute atomic E-state index is 14.3. The topological polar surface area (TPSA) is 71.1 Å². The van der Waals surface area contributed by atoms with Gasteiger partial charge in [-0.25, -0.2) is 10.4 Å². The number of fused-ring (bicyclic) bond motifs is 3. The molecule has 3 N–H and O–H groups in total. The second-order valence-corrected chi connectivity index (χ2v) is 12.6. The lowest BCUT2D eigenvalue weighted by Gasteiger charge is -2.53. The minimum atomic E-state index is -4.47. The average Bonchev–Trinajstić information content (AvgIpc) is 3.25. The minimum absolute atomic E-state index is 0.00186. The Balaban J connectivity index is 1.20. The fraction of sp³-hybridized carbons (Fsp3) is 0.962. The van der Waals surface area contributed by atoms with Crippen LogP contribution in [0, 0.1) is 11.8 Å². The Morgan fingerprint density at radius 2 is 1.81 bits per heavy atom. The fourth-order valence-electron chi connectivity index (χ4n) is 7.97. The van der Waals surface area contributed by atoms with Crippen LogP contribution in [-0.2, 0) is 4.79 Å². The summed E-state index contributed by atoms with van der Waals surface area (Å²) in [4.78, 5) is 16.4. The van der Waals surface area contributed by atoms with E-state index in [9.17, 15) is 23.1 Å². The van der Waals surface area contributed by atoms with Crippen molar-refractivity contribution in [2.75, 3.05) is 20.1 Å². The van der Waals surface area contributed by atoms with Gasteiger partial charge in [-0.15, -0.1) is 11.6 Å². The van der Waals surface area contributed by atoms with Gasteiger partial charge in [0.05, 0.1) is 17.8 Å². The Morgan fingerprint density at radius 3 is 2.51 bits per heavy atom. The Bertz CT molecular complexity index is 799. The molecule has 5 fully saturated rings. The van der Waals surface area contributed by atoms with Crippen LogP contribution in [0.4, 0.5) is 13.2 Å². The van der Waals surface area contributed by atoms with Crippen molar-refractivity contribution in [2.24, 2.45) is 11.8 Å². The first kappa shape index (κ1) is 27.9. The zero-order chi connectivity index (χ0) is 26.3. The number of nitrogens with one attached hydrogen (secondary N) is 2. The van der Waals surface area contributed by atoms with E-state index in [0.717, 1.165) is 62.9 Å². The summed E-state index contributed by atoms with van der Waals surface area (Å²) in [6.45, 7) is 1.86. The molecule has 6 unspecified atom stereocenters. The van der Waals surface area contributed by atoms with Crippen molar-refractivity contribution in [3.63, 3.8) is 0 Å². The van der Waals surface area contributed by atoms with Gasteiger partial charge in [-0.3, -0.25) is 15.0 Å². The number of carbonyl (C=O) groups is 1. The van der Waals surface area contributed by atoms with Crippen molar-refractivity contribution in [3.05, 3.63) is 0 Å². The second-order valence-electron chi connectivity index (χ2n) is 12.1. The summed E-state index contributed by atoms with van der Waals surface area (Å²) in [6.07, 6.45) is 3.76. The van der Waals surface area contributed by atoms with Gasteiger partial charge in [-0.1, -0.05) is 12.8 Å². The molecule has 3 aliphatic heterocycles. The third kappa shape index (κ3) is 5.94. The molecule has 5 rings (SSSR count). The normalized spacial score (nSPS) is 40.6. The van der Waals surface area contributed by atoms with E-state index in [2.05, 4.69) is 20.7 Å². The van der Waals surface area contributed by atoms with E-state index >= 15 is 0 Å². The predicted molar refractivity (Wildman–Crippen MR) is 135 cm³/mol. The van der Waals surface area contributed by atoms with Gasteiger partial charge in [0.25, 0.3) is 0 Å². The zero-order valence-electron chi connectivity index (χ0n) is 21.8. The highest BCUT2D eigenvalue weighted by Gasteiger charge is 2.51. The van der Waals surface area contributed by atoms with E-state index in [-0.39, 0.29) is 30.0 Å². The van der Waals surface area contributed by atoms with Gasteiger partial charge >= 0.3 is 6.18 Å². The number of hydrogen-bond acceptors (Lipinski definition) is 6. The summed E-state index contributed by atoms with van der Waals surface area (Å²) in [6, 6.07) is -0.805. The van der Waals surface area contributed by atoms with E-state index in [1.54, 1.807) is 0 Å². The monoisotopic (exact) mass is 549 g/mol. The number of rotatable bonds is 5. The lowest BCUT2D eigenvalue weighted by molar-refractivity contribution is -0.202. The number of carbonyl (C=O) groups excluding carboxylic acids is 1. The van der Waals surface area contributed by atoms with Crippen LogP contribution in [0.1, 0.15) is 77.0 Å². The van der Waals surface area contributed by atoms with Gasteiger partial charge in [-0.2, -0.15) is 13.2 Å². The highest BCUT2D eigenvalue weighted by atomic mass is 35.5. The Hall–Kier alpha value is -0.650. The van der Waals surface area contributed by atoms with Crippen LogP contribution < -0.4 is 10.7 Å². The number of alkyl halides is 4. The van der Waals surface area contributed by atoms with Crippen LogP contribution in [-0.4, -0.2) is 94.1 Å². The van der Waals surface area contributed by atoms with Gasteiger partial charge < -0.3 is 10.0 Å². The smallest absolute Gasteiger partial charge is 0.393 e. The molecule has 7 atom stereocenters. The van der Waals surface area contributed by atoms with Crippen molar-refractivity contribution in [2.45, 2.75) is 125 Å². The molecule has 1 amide bonds. The molecule has 0 aromatic rings. The second kappa shape index (κ2) is 11.5. The van der Waals surface area contributed by atoms with E-state index in [4.69, 9.17) is 11.6 Å². The molecule has 5 aliphatic rings. The first-order chi connectivity index (χ1) is 17.6. The van der Waals surface area contributed by atoms with Gasteiger partial charge in [0.15, 0.2) is 0 Å². The van der Waals surface area contributed by atoms with Crippen LogP contribution in [0.25, 0.3) is 0 Å². The maximum Gasteiger partial charge on any atom is 0.409 e. The fourth-order valence-corrected chi connectivity index (χ4v) is 8.26. The highest BCUT2D eigenvalue weighted by molar-refractivity contribution is 6.20. The van der Waals surface area contributed by atoms with E-state index in [0.29, 0.717) is 37.8 Å². The summed E-state index contributed by atoms with van der Waals surface area (Å²) >= 11 is 6.36. The minimum Gasteiger partial charge on any atom is -0.393 e. The largest absolute Gasteiger partial charge is 0.409 e. The molecular formula is C26H43ClF3N5O2. The molecule has 7 nitrogen and oxygen atoms in total. The SMILES string of the molecule is CN(C(=O)CC1CCCCC1O)[C@@H](C1CCC(N2CCCC3C2CNC2CC(Cl)NN23)CC1)C(F)(F)F. The first-order valence-corrected chi connectivity index (χ1v) is 14.7. The van der Waals surface area contributed by atoms with Crippen molar-refractivity contribution in [3.8, 4) is 0 Å². The van der Waals surface area contributed by atoms with Crippen LogP contribution in [0.2, 0.25) is 0 Å². The first-order valence-electron chi connectivity index (χ1n) is 14.3. The van der Waals surface area contributed by atoms with Crippen molar-refractivity contribution < 1.29 is 23.1 Å². The number of amides is 1. The number of likely N-dealkylation sites (tertiary alicyclic amines) is 1. The molecule has 37 heavy (non-hydrogen) atoms. The van der Waals surface area contributed by atoms with Crippen LogP contribution in [0.15, 0.2) is 0 Å². The molecule has 0 spiro atoms. The van der Waals surface area contributed by atoms with Crippen molar-refractivity contribution >= 4 is 17.5 Å². The number of piperidine rings is 1. The number of halogens is 4. The van der Waals surface area contributed by atoms with E-state index < -0.39 is 30.1 Å². The molecule has 0 aromatic heterocycles. The molecule has 0 radical (unpaired) electrons. The van der Waals surface area contributed by atoms with Crippen molar-refractivity contribution in [1.29, 1.82) is 0 Å². The number of aliphatic hydroxyl groups excluding tert-OH is 1. The molecule has 11 heteroatoms. The van der Waals surface area contributed by atoms with Gasteiger partial charge in [0.2, 0.25) is 5.91 Å². The zero-order valence-corrected chi connectivity index (χ0v) is 22.6. The Kier molecular flexibility index (Phi) is 8.64. The summed E-state index contributed by atoms with van der Waals surface area (Å²) < 4.78 is 42.9. The molecule has 0 bridgehead atoms. The van der Waals surface area contributed by atoms with E-state index in [1.165, 1.54) is 7.05 Å². The molecule has 0 aromatic carbocycles. The predicted octanol–water partition coefficient (Wildman–Crippen LogP) is 3.41. The van der Waals surface area contributed by atoms with Crippen LogP contribution in [0.3, 0.4) is 0 Å². The molecule has 2 aliphatic carbocycles. The molecule has 3 saturated heterocycles. The summed E-state index contributed by atoms with van der Waals surface area (Å²) in [5.41, 5.74) is 3.34. The standard InChI is InChI=1S/C26H43ClF3N5O2/c1-33(24(37)13-17-5-2-3-7-21(17)36)25(26(28,29)30)16-8-10-18(11-9-16)34-12-4-6-19-20(34)15-31-23-14-22(27)32-35(19)23/h16-23,25,31-32,36H,2-15H2,1H3/t16?,17?,18?,19?,20?,21?,22?,23?,25-/m0/s1. The quantitative estimate of drug-likeness (QED) is 0.361. The number of nitrogens with zero attached hydrogens (tertiary/aromatic N) is 3. The van der Waals surface area contributed by atoms with Crippen molar-refractivity contribution in [1.82, 2.24) is 25.6 Å². The Labute approximate surface area is 223 Å². The van der Waals surface area contributed by atoms with Gasteiger partial charge in [0, 0.05) is 44.6 Å². The number of hydrogen-bond donors (Lipinski definition) is 3. The molecule has 2 saturated carbocycles. The summed E-state index contributed by atoms with van der Waals surface area (Å²) in [5, 5.41) is 16.1. The van der Waals surface area contributed by atoms with Gasteiger partial charge in [-0.05, 0) is 69.7 Å². The number of aliphatic hydroxyl groups is 1. The summed E-state index contributed by atoms with van der Waals surface area (Å²) in [7, 11) is 1.31. The number of hydrazine groups is 1. The maximum atomic E-state index is 14.3. The van der Waals surface area contributed by atoms with E-state index in [1.807, 2.05) is 0 Å². The third-order valence-corrected chi connectivity index (χ3v) is 10.1. The highest BCUT2D eigenvalue weighted by Crippen LogP contribution is 2.41. The lowest BCUT2D eigenvalue weighted by atomic mass is 9.78. The third-order valence-electron chi connectivity index (χ3n) is 9.87.